The van der Waals surface area contributed by atoms with Gasteiger partial charge in [-0.15, -0.1) is 11.3 Å². The van der Waals surface area contributed by atoms with Crippen LogP contribution in [0.5, 0.6) is 5.75 Å². The predicted octanol–water partition coefficient (Wildman–Crippen LogP) is 6.08. The van der Waals surface area contributed by atoms with E-state index in [4.69, 9.17) is 4.98 Å². The summed E-state index contributed by atoms with van der Waals surface area (Å²) in [5.41, 5.74) is 3.63. The molecule has 0 spiro atoms. The highest BCUT2D eigenvalue weighted by atomic mass is 32.2. The Morgan fingerprint density at radius 1 is 0.964 bits per heavy atom. The molecule has 0 aliphatic carbocycles. The number of amides is 1. The average Bonchev–Trinajstić information content (AvgIpc) is 3.32. The van der Waals surface area contributed by atoms with E-state index in [0.717, 1.165) is 32.0 Å². The molecule has 1 unspecified atom stereocenters. The van der Waals surface area contributed by atoms with Gasteiger partial charge >= 0.3 is 0 Å². The number of anilines is 1. The molecule has 1 N–H and O–H groups in total. The fourth-order valence-electron chi connectivity index (χ4n) is 3.47. The molecule has 1 aromatic heterocycles. The first kappa shape index (κ1) is 17.3. The van der Waals surface area contributed by atoms with Gasteiger partial charge in [-0.05, 0) is 42.5 Å². The van der Waals surface area contributed by atoms with Crippen LogP contribution in [0.4, 0.5) is 10.5 Å². The Labute approximate surface area is 170 Å². The highest BCUT2D eigenvalue weighted by Gasteiger charge is 2.35. The summed E-state index contributed by atoms with van der Waals surface area (Å²) < 4.78 is 1.16. The van der Waals surface area contributed by atoms with Crippen LogP contribution in [0.3, 0.4) is 0 Å². The van der Waals surface area contributed by atoms with E-state index in [2.05, 4.69) is 6.07 Å². The van der Waals surface area contributed by atoms with E-state index in [1.54, 1.807) is 28.4 Å². The number of benzene rings is 3. The topological polar surface area (TPSA) is 53.4 Å². The minimum Gasteiger partial charge on any atom is -0.508 e. The van der Waals surface area contributed by atoms with Crippen LogP contribution >= 0.6 is 23.1 Å². The number of hydrogen-bond donors (Lipinski definition) is 1. The molecular weight excluding hydrogens is 388 g/mol. The smallest absolute Gasteiger partial charge is 0.286 e. The molecule has 1 aliphatic heterocycles. The van der Waals surface area contributed by atoms with Gasteiger partial charge in [0, 0.05) is 22.6 Å². The van der Waals surface area contributed by atoms with Gasteiger partial charge in [-0.1, -0.05) is 42.1 Å². The summed E-state index contributed by atoms with van der Waals surface area (Å²) in [5, 5.41) is 11.2. The van der Waals surface area contributed by atoms with Crippen LogP contribution in [0.2, 0.25) is 0 Å². The van der Waals surface area contributed by atoms with Gasteiger partial charge in [-0.25, -0.2) is 4.98 Å². The molecular formula is C22H16N2O2S2. The molecule has 0 saturated carbocycles. The Balaban J connectivity index is 1.49. The zero-order valence-corrected chi connectivity index (χ0v) is 16.4. The van der Waals surface area contributed by atoms with Crippen LogP contribution in [0.15, 0.2) is 72.8 Å². The Bertz CT molecular complexity index is 1140. The molecule has 28 heavy (non-hydrogen) atoms. The second-order valence-electron chi connectivity index (χ2n) is 6.56. The van der Waals surface area contributed by atoms with E-state index in [1.807, 2.05) is 54.6 Å². The third kappa shape index (κ3) is 2.95. The Morgan fingerprint density at radius 2 is 1.71 bits per heavy atom. The number of aromatic nitrogens is 1. The number of aromatic hydroxyl groups is 1. The summed E-state index contributed by atoms with van der Waals surface area (Å²) >= 11 is 2.94. The lowest BCUT2D eigenvalue weighted by Crippen LogP contribution is -2.26. The molecule has 1 amide bonds. The minimum absolute atomic E-state index is 0.000917. The van der Waals surface area contributed by atoms with Crippen molar-refractivity contribution in [3.05, 3.63) is 78.4 Å². The first-order valence-electron chi connectivity index (χ1n) is 8.90. The highest BCUT2D eigenvalue weighted by molar-refractivity contribution is 8.14. The van der Waals surface area contributed by atoms with Gasteiger partial charge in [0.25, 0.3) is 5.24 Å². The van der Waals surface area contributed by atoms with E-state index in [-0.39, 0.29) is 17.0 Å². The number of hydrogen-bond acceptors (Lipinski definition) is 5. The van der Waals surface area contributed by atoms with Crippen LogP contribution in [0, 0.1) is 0 Å². The molecule has 4 nitrogen and oxygen atoms in total. The van der Waals surface area contributed by atoms with Gasteiger partial charge in [-0.2, -0.15) is 0 Å². The predicted molar refractivity (Wildman–Crippen MR) is 116 cm³/mol. The molecule has 1 atom stereocenters. The van der Waals surface area contributed by atoms with Crippen molar-refractivity contribution >= 4 is 44.2 Å². The van der Waals surface area contributed by atoms with Gasteiger partial charge in [0.15, 0.2) is 0 Å². The summed E-state index contributed by atoms with van der Waals surface area (Å²) in [6.07, 6.45) is 0. The van der Waals surface area contributed by atoms with Crippen molar-refractivity contribution in [2.24, 2.45) is 0 Å². The van der Waals surface area contributed by atoms with Crippen LogP contribution in [-0.2, 0) is 0 Å². The summed E-state index contributed by atoms with van der Waals surface area (Å²) in [5.74, 6) is 0.842. The first-order chi connectivity index (χ1) is 13.7. The van der Waals surface area contributed by atoms with Crippen molar-refractivity contribution < 1.29 is 9.90 Å². The molecule has 2 heterocycles. The molecule has 1 aliphatic rings. The largest absolute Gasteiger partial charge is 0.508 e. The van der Waals surface area contributed by atoms with E-state index < -0.39 is 0 Å². The zero-order valence-electron chi connectivity index (χ0n) is 14.8. The minimum atomic E-state index is -0.174. The maximum atomic E-state index is 12.5. The number of thiazole rings is 1. The Hall–Kier alpha value is -2.83. The second kappa shape index (κ2) is 6.96. The molecule has 5 rings (SSSR count). The fraction of sp³-hybridized carbons (Fsp3) is 0.0909. The number of nitrogens with zero attached hydrogens (tertiary/aromatic N) is 2. The molecule has 3 aromatic carbocycles. The number of para-hydroxylation sites is 2. The Morgan fingerprint density at radius 3 is 2.50 bits per heavy atom. The summed E-state index contributed by atoms with van der Waals surface area (Å²) in [6, 6.07) is 23.1. The maximum Gasteiger partial charge on any atom is 0.286 e. The number of carbonyl (C=O) groups excluding carboxylic acids is 1. The van der Waals surface area contributed by atoms with Gasteiger partial charge < -0.3 is 5.11 Å². The Kier molecular flexibility index (Phi) is 4.30. The zero-order chi connectivity index (χ0) is 19.1. The van der Waals surface area contributed by atoms with Gasteiger partial charge in [0.05, 0.1) is 16.3 Å². The fourth-order valence-corrected chi connectivity index (χ4v) is 5.44. The SMILES string of the molecule is O=C1SCC(c2ccccc2O)N1c1ccc(-c2nc3ccccc3s2)cc1. The molecule has 4 aromatic rings. The normalized spacial score (nSPS) is 16.8. The lowest BCUT2D eigenvalue weighted by atomic mass is 10.1. The van der Waals surface area contributed by atoms with Crippen molar-refractivity contribution in [1.29, 1.82) is 0 Å². The number of fused-ring (bicyclic) bond motifs is 1. The number of phenols is 1. The molecule has 1 fully saturated rings. The van der Waals surface area contributed by atoms with Crippen molar-refractivity contribution in [3.8, 4) is 16.3 Å². The number of thioether (sulfide) groups is 1. The number of phenolic OH excluding ortho intramolecular Hbond substituents is 1. The van der Waals surface area contributed by atoms with Crippen molar-refractivity contribution in [2.75, 3.05) is 10.7 Å². The van der Waals surface area contributed by atoms with Crippen LogP contribution in [0.25, 0.3) is 20.8 Å². The van der Waals surface area contributed by atoms with Gasteiger partial charge in [-0.3, -0.25) is 9.69 Å². The molecule has 0 bridgehead atoms. The first-order valence-corrected chi connectivity index (χ1v) is 10.7. The summed E-state index contributed by atoms with van der Waals surface area (Å²) in [7, 11) is 0. The molecule has 0 radical (unpaired) electrons. The van der Waals surface area contributed by atoms with Crippen molar-refractivity contribution in [1.82, 2.24) is 4.98 Å². The van der Waals surface area contributed by atoms with Crippen molar-refractivity contribution in [2.45, 2.75) is 6.04 Å². The summed E-state index contributed by atoms with van der Waals surface area (Å²) in [4.78, 5) is 19.0. The quantitative estimate of drug-likeness (QED) is 0.449. The standard InChI is InChI=1S/C22H16N2O2S2/c25-19-7-3-1-5-16(19)18-13-27-22(26)24(18)15-11-9-14(10-12-15)21-23-17-6-2-4-8-20(17)28-21/h1-12,18,25H,13H2. The lowest BCUT2D eigenvalue weighted by Gasteiger charge is -2.25. The lowest BCUT2D eigenvalue weighted by molar-refractivity contribution is 0.265. The highest BCUT2D eigenvalue weighted by Crippen LogP contribution is 2.42. The average molecular weight is 405 g/mol. The van der Waals surface area contributed by atoms with E-state index >= 15 is 0 Å². The van der Waals surface area contributed by atoms with E-state index in [9.17, 15) is 9.90 Å². The van der Waals surface area contributed by atoms with E-state index in [0.29, 0.717) is 5.75 Å². The van der Waals surface area contributed by atoms with Crippen LogP contribution in [-0.4, -0.2) is 21.1 Å². The molecule has 1 saturated heterocycles. The van der Waals surface area contributed by atoms with E-state index in [1.165, 1.54) is 11.8 Å². The molecule has 6 heteroatoms. The monoisotopic (exact) mass is 404 g/mol. The van der Waals surface area contributed by atoms with Gasteiger partial charge in [0.1, 0.15) is 10.8 Å². The second-order valence-corrected chi connectivity index (χ2v) is 8.56. The molecule has 138 valence electrons. The van der Waals surface area contributed by atoms with Crippen LogP contribution < -0.4 is 4.90 Å². The maximum absolute atomic E-state index is 12.5. The number of rotatable bonds is 3. The third-order valence-corrected chi connectivity index (χ3v) is 6.87. The van der Waals surface area contributed by atoms with Crippen molar-refractivity contribution in [3.63, 3.8) is 0 Å². The number of carbonyl (C=O) groups is 1. The summed E-state index contributed by atoms with van der Waals surface area (Å²) in [6.45, 7) is 0. The third-order valence-electron chi connectivity index (χ3n) is 4.86. The van der Waals surface area contributed by atoms with Crippen LogP contribution in [0.1, 0.15) is 11.6 Å². The van der Waals surface area contributed by atoms with Gasteiger partial charge in [0.2, 0.25) is 0 Å².